The van der Waals surface area contributed by atoms with Crippen LogP contribution in [0.2, 0.25) is 5.02 Å². The molecule has 27 heavy (non-hydrogen) atoms. The molecule has 0 bridgehead atoms. The Kier molecular flexibility index (Phi) is 4.60. The summed E-state index contributed by atoms with van der Waals surface area (Å²) in [5.74, 6) is 0.726. The van der Waals surface area contributed by atoms with E-state index in [1.807, 2.05) is 6.07 Å². The van der Waals surface area contributed by atoms with E-state index in [0.717, 1.165) is 5.56 Å². The van der Waals surface area contributed by atoms with Gasteiger partial charge >= 0.3 is 5.97 Å². The Bertz CT molecular complexity index is 1020. The largest absolute Gasteiger partial charge is 0.488 e. The summed E-state index contributed by atoms with van der Waals surface area (Å²) >= 11 is 5.99. The lowest BCUT2D eigenvalue weighted by atomic mass is 10.1. The van der Waals surface area contributed by atoms with Crippen LogP contribution in [0, 0.1) is 0 Å². The smallest absolute Gasteiger partial charge is 0.338 e. The fraction of sp³-hybridized carbons (Fsp3) is 0.158. The second kappa shape index (κ2) is 7.20. The number of hydrogen-bond acceptors (Lipinski definition) is 7. The minimum atomic E-state index is -0.711. The van der Waals surface area contributed by atoms with E-state index in [4.69, 9.17) is 25.6 Å². The highest BCUT2D eigenvalue weighted by atomic mass is 35.5. The lowest BCUT2D eigenvalue weighted by Gasteiger charge is -2.18. The molecule has 3 heterocycles. The molecule has 2 aromatic heterocycles. The van der Waals surface area contributed by atoms with Gasteiger partial charge < -0.3 is 14.0 Å². The van der Waals surface area contributed by atoms with Gasteiger partial charge in [0.25, 0.3) is 5.89 Å². The van der Waals surface area contributed by atoms with E-state index in [1.165, 1.54) is 0 Å². The molecule has 0 amide bonds. The van der Waals surface area contributed by atoms with E-state index in [9.17, 15) is 4.79 Å². The second-order valence-corrected chi connectivity index (χ2v) is 6.32. The van der Waals surface area contributed by atoms with Gasteiger partial charge in [-0.3, -0.25) is 4.98 Å². The molecule has 1 unspecified atom stereocenters. The summed E-state index contributed by atoms with van der Waals surface area (Å²) in [4.78, 5) is 20.7. The molecule has 3 aromatic rings. The zero-order valence-electron chi connectivity index (χ0n) is 14.3. The van der Waals surface area contributed by atoms with Crippen LogP contribution in [0.1, 0.15) is 24.5 Å². The quantitative estimate of drug-likeness (QED) is 0.632. The fourth-order valence-electron chi connectivity index (χ4n) is 2.57. The Labute approximate surface area is 159 Å². The van der Waals surface area contributed by atoms with Crippen molar-refractivity contribution >= 4 is 23.6 Å². The molecule has 0 fully saturated rings. The molecule has 4 rings (SSSR count). The molecule has 7 nitrogen and oxygen atoms in total. The van der Waals surface area contributed by atoms with Crippen molar-refractivity contribution in [2.24, 2.45) is 0 Å². The Balaban J connectivity index is 1.48. The van der Waals surface area contributed by atoms with Crippen molar-refractivity contribution in [1.29, 1.82) is 0 Å². The number of nitrogens with zero attached hydrogens (tertiary/aromatic N) is 3. The molecule has 8 heteroatoms. The molecule has 0 radical (unpaired) electrons. The summed E-state index contributed by atoms with van der Waals surface area (Å²) < 4.78 is 16.2. The topological polar surface area (TPSA) is 87.3 Å². The van der Waals surface area contributed by atoms with Crippen molar-refractivity contribution < 1.29 is 18.8 Å². The van der Waals surface area contributed by atoms with Gasteiger partial charge in [0.05, 0.1) is 5.57 Å². The third kappa shape index (κ3) is 3.68. The molecule has 1 aromatic carbocycles. The first-order valence-corrected chi connectivity index (χ1v) is 8.56. The van der Waals surface area contributed by atoms with Crippen LogP contribution in [-0.4, -0.2) is 27.7 Å². The fourth-order valence-corrected chi connectivity index (χ4v) is 2.75. The summed E-state index contributed by atoms with van der Waals surface area (Å²) in [6.07, 6.45) is 4.27. The lowest BCUT2D eigenvalue weighted by Crippen LogP contribution is -2.18. The predicted molar refractivity (Wildman–Crippen MR) is 97.0 cm³/mol. The van der Waals surface area contributed by atoms with Crippen LogP contribution in [0.25, 0.3) is 17.5 Å². The molecule has 0 spiro atoms. The van der Waals surface area contributed by atoms with Crippen LogP contribution in [0.5, 0.6) is 5.75 Å². The molecular formula is C19H14ClN3O4. The van der Waals surface area contributed by atoms with E-state index in [2.05, 4.69) is 15.1 Å². The second-order valence-electron chi connectivity index (χ2n) is 5.89. The van der Waals surface area contributed by atoms with Crippen molar-refractivity contribution in [3.63, 3.8) is 0 Å². The van der Waals surface area contributed by atoms with Crippen LogP contribution in [0.15, 0.2) is 52.8 Å². The molecule has 1 aliphatic rings. The maximum Gasteiger partial charge on any atom is 0.338 e. The summed E-state index contributed by atoms with van der Waals surface area (Å²) in [6.45, 7) is 1.78. The Morgan fingerprint density at radius 1 is 1.33 bits per heavy atom. The number of ether oxygens (including phenoxy) is 2. The van der Waals surface area contributed by atoms with Crippen molar-refractivity contribution in [3.05, 3.63) is 64.8 Å². The van der Waals surface area contributed by atoms with Crippen LogP contribution in [-0.2, 0) is 9.53 Å². The predicted octanol–water partition coefficient (Wildman–Crippen LogP) is 3.87. The summed E-state index contributed by atoms with van der Waals surface area (Å²) in [5.41, 5.74) is 1.82. The van der Waals surface area contributed by atoms with Gasteiger partial charge in [-0.05, 0) is 43.3 Å². The average Bonchev–Trinajstić information content (AvgIpc) is 3.18. The maximum atomic E-state index is 12.5. The highest BCUT2D eigenvalue weighted by Gasteiger charge is 2.24. The first-order chi connectivity index (χ1) is 13.1. The zero-order valence-corrected chi connectivity index (χ0v) is 15.0. The van der Waals surface area contributed by atoms with E-state index >= 15 is 0 Å². The van der Waals surface area contributed by atoms with Gasteiger partial charge in [-0.2, -0.15) is 4.98 Å². The highest BCUT2D eigenvalue weighted by molar-refractivity contribution is 6.30. The van der Waals surface area contributed by atoms with Crippen molar-refractivity contribution in [3.8, 4) is 17.1 Å². The monoisotopic (exact) mass is 383 g/mol. The number of aromatic nitrogens is 3. The molecule has 1 aliphatic heterocycles. The van der Waals surface area contributed by atoms with Gasteiger partial charge in [0, 0.05) is 28.5 Å². The normalized spacial score (nSPS) is 13.9. The molecular weight excluding hydrogens is 370 g/mol. The number of benzene rings is 1. The third-order valence-corrected chi connectivity index (χ3v) is 4.18. The minimum Gasteiger partial charge on any atom is -0.488 e. The van der Waals surface area contributed by atoms with E-state index in [0.29, 0.717) is 27.7 Å². The van der Waals surface area contributed by atoms with Gasteiger partial charge in [0.1, 0.15) is 12.4 Å². The van der Waals surface area contributed by atoms with E-state index in [-0.39, 0.29) is 12.5 Å². The van der Waals surface area contributed by atoms with Crippen molar-refractivity contribution in [1.82, 2.24) is 15.1 Å². The zero-order chi connectivity index (χ0) is 18.8. The molecule has 136 valence electrons. The van der Waals surface area contributed by atoms with E-state index < -0.39 is 12.1 Å². The minimum absolute atomic E-state index is 0.116. The number of fused-ring (bicyclic) bond motifs is 1. The van der Waals surface area contributed by atoms with Gasteiger partial charge in [-0.1, -0.05) is 16.8 Å². The van der Waals surface area contributed by atoms with Crippen molar-refractivity contribution in [2.75, 3.05) is 6.61 Å². The third-order valence-electron chi connectivity index (χ3n) is 3.94. The Hall–Kier alpha value is -3.19. The molecule has 0 N–H and O–H groups in total. The van der Waals surface area contributed by atoms with Gasteiger partial charge in [0.15, 0.2) is 6.10 Å². The van der Waals surface area contributed by atoms with E-state index in [1.54, 1.807) is 49.7 Å². The summed E-state index contributed by atoms with van der Waals surface area (Å²) in [5, 5.41) is 4.46. The number of esters is 1. The lowest BCUT2D eigenvalue weighted by molar-refractivity contribution is -0.145. The number of rotatable bonds is 4. The standard InChI is InChI=1S/C19H14ClN3O4/c1-11(18-22-17(23-27-18)12-3-2-6-21-9-12)26-19(24)14-7-13-8-15(20)4-5-16(13)25-10-14/h2-9,11H,10H2,1H3. The molecule has 1 atom stereocenters. The maximum absolute atomic E-state index is 12.5. The Morgan fingerprint density at radius 2 is 2.22 bits per heavy atom. The SMILES string of the molecule is CC(OC(=O)C1=Cc2cc(Cl)ccc2OC1)c1nc(-c2cccnc2)no1. The summed E-state index contributed by atoms with van der Waals surface area (Å²) in [6, 6.07) is 8.80. The van der Waals surface area contributed by atoms with Crippen molar-refractivity contribution in [2.45, 2.75) is 13.0 Å². The number of pyridine rings is 1. The summed E-state index contributed by atoms with van der Waals surface area (Å²) in [7, 11) is 0. The average molecular weight is 384 g/mol. The number of hydrogen-bond donors (Lipinski definition) is 0. The molecule has 0 aliphatic carbocycles. The van der Waals surface area contributed by atoms with Crippen LogP contribution >= 0.6 is 11.6 Å². The van der Waals surface area contributed by atoms with Crippen LogP contribution in [0.3, 0.4) is 0 Å². The number of halogens is 1. The molecule has 0 saturated heterocycles. The van der Waals surface area contributed by atoms with Gasteiger partial charge in [-0.15, -0.1) is 0 Å². The first kappa shape index (κ1) is 17.2. The number of carbonyl (C=O) groups excluding carboxylic acids is 1. The Morgan fingerprint density at radius 3 is 3.04 bits per heavy atom. The highest BCUT2D eigenvalue weighted by Crippen LogP contribution is 2.30. The van der Waals surface area contributed by atoms with Gasteiger partial charge in [-0.25, -0.2) is 4.79 Å². The van der Waals surface area contributed by atoms with Gasteiger partial charge in [0.2, 0.25) is 5.82 Å². The van der Waals surface area contributed by atoms with Crippen LogP contribution in [0.4, 0.5) is 0 Å². The first-order valence-electron chi connectivity index (χ1n) is 8.18. The number of carbonyl (C=O) groups is 1. The molecule has 0 saturated carbocycles. The van der Waals surface area contributed by atoms with Crippen LogP contribution < -0.4 is 4.74 Å².